The predicted molar refractivity (Wildman–Crippen MR) is 93.8 cm³/mol. The zero-order valence-electron chi connectivity index (χ0n) is 14.0. The van der Waals surface area contributed by atoms with Crippen molar-refractivity contribution in [1.29, 1.82) is 0 Å². The highest BCUT2D eigenvalue weighted by atomic mass is 32.1. The number of ether oxygens (including phenoxy) is 1. The number of carbonyl (C=O) groups is 3. The first kappa shape index (κ1) is 17.2. The van der Waals surface area contributed by atoms with E-state index in [2.05, 4.69) is 5.32 Å². The van der Waals surface area contributed by atoms with Crippen molar-refractivity contribution in [2.75, 3.05) is 5.32 Å². The van der Waals surface area contributed by atoms with Crippen LogP contribution >= 0.6 is 11.3 Å². The summed E-state index contributed by atoms with van der Waals surface area (Å²) < 4.78 is 6.82. The Hall–Kier alpha value is -2.61. The predicted octanol–water partition coefficient (Wildman–Crippen LogP) is 1.86. The highest BCUT2D eigenvalue weighted by molar-refractivity contribution is 7.17. The van der Waals surface area contributed by atoms with E-state index in [1.54, 1.807) is 29.9 Å². The van der Waals surface area contributed by atoms with Gasteiger partial charge in [-0.05, 0) is 43.9 Å². The van der Waals surface area contributed by atoms with E-state index in [0.717, 1.165) is 29.7 Å². The maximum atomic E-state index is 12.4. The lowest BCUT2D eigenvalue weighted by Gasteiger charge is -2.14. The molecule has 0 fully saturated rings. The Bertz CT molecular complexity index is 852. The highest BCUT2D eigenvalue weighted by Crippen LogP contribution is 2.38. The van der Waals surface area contributed by atoms with Gasteiger partial charge in [-0.2, -0.15) is 0 Å². The largest absolute Gasteiger partial charge is 0.448 e. The highest BCUT2D eigenvalue weighted by Gasteiger charge is 2.28. The monoisotopic (exact) mass is 361 g/mol. The second-order valence-electron chi connectivity index (χ2n) is 5.97. The van der Waals surface area contributed by atoms with Crippen LogP contribution in [0.1, 0.15) is 44.6 Å². The van der Waals surface area contributed by atoms with Gasteiger partial charge in [-0.15, -0.1) is 11.3 Å². The average Bonchev–Trinajstić information content (AvgIpc) is 3.21. The van der Waals surface area contributed by atoms with Gasteiger partial charge in [-0.1, -0.05) is 0 Å². The fourth-order valence-corrected chi connectivity index (χ4v) is 4.21. The molecule has 0 unspecified atom stereocenters. The second kappa shape index (κ2) is 6.72. The van der Waals surface area contributed by atoms with Crippen LogP contribution in [0.2, 0.25) is 0 Å². The van der Waals surface area contributed by atoms with Gasteiger partial charge in [0.25, 0.3) is 11.8 Å². The topological polar surface area (TPSA) is 103 Å². The molecule has 0 radical (unpaired) electrons. The number of nitrogens with two attached hydrogens (primary N) is 1. The smallest absolute Gasteiger partial charge is 0.355 e. The van der Waals surface area contributed by atoms with E-state index >= 15 is 0 Å². The Balaban J connectivity index is 1.71. The Morgan fingerprint density at radius 1 is 1.36 bits per heavy atom. The Morgan fingerprint density at radius 2 is 2.12 bits per heavy atom. The molecule has 0 spiro atoms. The van der Waals surface area contributed by atoms with E-state index in [1.807, 2.05) is 0 Å². The van der Waals surface area contributed by atoms with Crippen molar-refractivity contribution in [3.63, 3.8) is 0 Å². The number of rotatable bonds is 5. The number of anilines is 1. The number of hydrogen-bond donors (Lipinski definition) is 2. The number of amides is 2. The van der Waals surface area contributed by atoms with Crippen LogP contribution in [0, 0.1) is 0 Å². The number of hydrogen-bond acceptors (Lipinski definition) is 5. The standard InChI is InChI=1S/C17H19N3O4S/c1-9(24-17(23)11-6-4-8-20(11)2)15(22)19-16-13(14(18)21)10-5-3-7-12(10)25-16/h4,6,8-9H,3,5,7H2,1-2H3,(H2,18,21)(H,19,22)/t9-/m0/s1. The van der Waals surface area contributed by atoms with Gasteiger partial charge in [0.15, 0.2) is 6.10 Å². The third-order valence-electron chi connectivity index (χ3n) is 4.21. The van der Waals surface area contributed by atoms with E-state index in [-0.39, 0.29) is 0 Å². The number of primary amides is 1. The quantitative estimate of drug-likeness (QED) is 0.793. The lowest BCUT2D eigenvalue weighted by atomic mass is 10.1. The molecule has 1 aliphatic carbocycles. The van der Waals surface area contributed by atoms with Crippen molar-refractivity contribution >= 4 is 34.1 Å². The van der Waals surface area contributed by atoms with Crippen LogP contribution in [-0.2, 0) is 29.4 Å². The molecule has 1 atom stereocenters. The molecule has 3 N–H and O–H groups in total. The number of fused-ring (bicyclic) bond motifs is 1. The SMILES string of the molecule is C[C@H](OC(=O)c1cccn1C)C(=O)Nc1sc2c(c1C(N)=O)CCC2. The van der Waals surface area contributed by atoms with Gasteiger partial charge in [-0.3, -0.25) is 9.59 Å². The number of carbonyl (C=O) groups excluding carboxylic acids is 3. The maximum absolute atomic E-state index is 12.4. The summed E-state index contributed by atoms with van der Waals surface area (Å²) in [5.74, 6) is -1.63. The fourth-order valence-electron chi connectivity index (χ4n) is 2.91. The summed E-state index contributed by atoms with van der Waals surface area (Å²) >= 11 is 1.36. The van der Waals surface area contributed by atoms with Gasteiger partial charge in [-0.25, -0.2) is 4.79 Å². The molecule has 2 aromatic heterocycles. The molecule has 132 valence electrons. The van der Waals surface area contributed by atoms with Crippen LogP contribution in [0.25, 0.3) is 0 Å². The first-order valence-electron chi connectivity index (χ1n) is 7.96. The van der Waals surface area contributed by atoms with Crippen molar-refractivity contribution in [3.8, 4) is 0 Å². The molecule has 2 heterocycles. The molecule has 0 aliphatic heterocycles. The molecule has 0 saturated carbocycles. The summed E-state index contributed by atoms with van der Waals surface area (Å²) in [4.78, 5) is 37.3. The first-order valence-corrected chi connectivity index (χ1v) is 8.77. The summed E-state index contributed by atoms with van der Waals surface area (Å²) in [6.45, 7) is 1.49. The van der Waals surface area contributed by atoms with E-state index < -0.39 is 23.9 Å². The average molecular weight is 361 g/mol. The number of thiophene rings is 1. The molecule has 0 bridgehead atoms. The number of aromatic nitrogens is 1. The number of nitrogens with one attached hydrogen (secondary N) is 1. The van der Waals surface area contributed by atoms with Crippen LogP contribution in [0.5, 0.6) is 0 Å². The summed E-state index contributed by atoms with van der Waals surface area (Å²) in [7, 11) is 1.72. The number of aryl methyl sites for hydroxylation is 2. The molecular formula is C17H19N3O4S. The van der Waals surface area contributed by atoms with Crippen LogP contribution in [-0.4, -0.2) is 28.5 Å². The van der Waals surface area contributed by atoms with E-state index in [1.165, 1.54) is 18.3 Å². The van der Waals surface area contributed by atoms with E-state index in [0.29, 0.717) is 16.3 Å². The number of esters is 1. The lowest BCUT2D eigenvalue weighted by Crippen LogP contribution is -2.31. The van der Waals surface area contributed by atoms with Crippen molar-refractivity contribution < 1.29 is 19.1 Å². The van der Waals surface area contributed by atoms with Crippen molar-refractivity contribution in [3.05, 3.63) is 40.0 Å². The Labute approximate surface area is 148 Å². The normalized spacial score (nSPS) is 14.0. The molecule has 0 aromatic carbocycles. The Morgan fingerprint density at radius 3 is 2.76 bits per heavy atom. The molecule has 7 nitrogen and oxygen atoms in total. The summed E-state index contributed by atoms with van der Waals surface area (Å²) in [6, 6.07) is 3.33. The third kappa shape index (κ3) is 3.30. The van der Waals surface area contributed by atoms with Crippen molar-refractivity contribution in [2.24, 2.45) is 12.8 Å². The van der Waals surface area contributed by atoms with Crippen LogP contribution in [0.3, 0.4) is 0 Å². The lowest BCUT2D eigenvalue weighted by molar-refractivity contribution is -0.123. The minimum Gasteiger partial charge on any atom is -0.448 e. The molecule has 3 rings (SSSR count). The van der Waals surface area contributed by atoms with Gasteiger partial charge in [0.2, 0.25) is 0 Å². The summed E-state index contributed by atoms with van der Waals surface area (Å²) in [6.07, 6.45) is 3.38. The minimum atomic E-state index is -1.000. The van der Waals surface area contributed by atoms with Crippen LogP contribution < -0.4 is 11.1 Å². The fraction of sp³-hybridized carbons (Fsp3) is 0.353. The zero-order chi connectivity index (χ0) is 18.1. The molecular weight excluding hydrogens is 342 g/mol. The third-order valence-corrected chi connectivity index (χ3v) is 5.42. The van der Waals surface area contributed by atoms with Gasteiger partial charge >= 0.3 is 5.97 Å². The zero-order valence-corrected chi connectivity index (χ0v) is 14.8. The molecule has 0 saturated heterocycles. The van der Waals surface area contributed by atoms with Crippen LogP contribution in [0.15, 0.2) is 18.3 Å². The molecule has 1 aliphatic rings. The van der Waals surface area contributed by atoms with Gasteiger partial charge in [0, 0.05) is 18.1 Å². The van der Waals surface area contributed by atoms with Crippen molar-refractivity contribution in [1.82, 2.24) is 4.57 Å². The summed E-state index contributed by atoms with van der Waals surface area (Å²) in [5.41, 5.74) is 7.14. The summed E-state index contributed by atoms with van der Waals surface area (Å²) in [5, 5.41) is 3.12. The minimum absolute atomic E-state index is 0.354. The molecule has 25 heavy (non-hydrogen) atoms. The van der Waals surface area contributed by atoms with E-state index in [9.17, 15) is 14.4 Å². The van der Waals surface area contributed by atoms with Gasteiger partial charge in [0.05, 0.1) is 5.56 Å². The van der Waals surface area contributed by atoms with Crippen LogP contribution in [0.4, 0.5) is 5.00 Å². The Kier molecular flexibility index (Phi) is 4.63. The first-order chi connectivity index (χ1) is 11.9. The van der Waals surface area contributed by atoms with Gasteiger partial charge < -0.3 is 20.4 Å². The molecule has 2 amide bonds. The molecule has 8 heteroatoms. The van der Waals surface area contributed by atoms with Crippen molar-refractivity contribution in [2.45, 2.75) is 32.3 Å². The molecule has 2 aromatic rings. The second-order valence-corrected chi connectivity index (χ2v) is 7.07. The maximum Gasteiger partial charge on any atom is 0.355 e. The number of nitrogens with zero attached hydrogens (tertiary/aromatic N) is 1. The van der Waals surface area contributed by atoms with Gasteiger partial charge in [0.1, 0.15) is 10.7 Å². The van der Waals surface area contributed by atoms with E-state index in [4.69, 9.17) is 10.5 Å².